The third kappa shape index (κ3) is 8.86. The molecule has 2 heteroatoms. The topological polar surface area (TPSA) is 26.3 Å². The third-order valence-electron chi connectivity index (χ3n) is 1.75. The van der Waals surface area contributed by atoms with Gasteiger partial charge < -0.3 is 4.74 Å². The zero-order valence-corrected chi connectivity index (χ0v) is 8.29. The summed E-state index contributed by atoms with van der Waals surface area (Å²) in [6.45, 7) is 3.58. The van der Waals surface area contributed by atoms with E-state index in [-0.39, 0.29) is 5.97 Å². The van der Waals surface area contributed by atoms with Crippen molar-refractivity contribution >= 4 is 5.97 Å². The van der Waals surface area contributed by atoms with E-state index in [0.717, 1.165) is 25.7 Å². The van der Waals surface area contributed by atoms with Crippen molar-refractivity contribution in [2.75, 3.05) is 7.11 Å². The highest BCUT2D eigenvalue weighted by atomic mass is 16.5. The summed E-state index contributed by atoms with van der Waals surface area (Å²) < 4.78 is 4.53. The maximum atomic E-state index is 10.7. The zero-order valence-electron chi connectivity index (χ0n) is 8.29. The molecule has 0 saturated heterocycles. The summed E-state index contributed by atoms with van der Waals surface area (Å²) in [5, 5.41) is 0. The summed E-state index contributed by atoms with van der Waals surface area (Å²) in [6, 6.07) is 0. The second kappa shape index (κ2) is 9.04. The molecular formula is C11H18O2. The van der Waals surface area contributed by atoms with Gasteiger partial charge >= 0.3 is 5.97 Å². The van der Waals surface area contributed by atoms with Gasteiger partial charge in [0.2, 0.25) is 0 Å². The molecule has 74 valence electrons. The van der Waals surface area contributed by atoms with E-state index >= 15 is 0 Å². The molecule has 0 aromatic rings. The minimum Gasteiger partial charge on any atom is -0.469 e. The molecule has 0 rings (SSSR count). The van der Waals surface area contributed by atoms with E-state index < -0.39 is 0 Å². The molecule has 0 fully saturated rings. The monoisotopic (exact) mass is 182 g/mol. The maximum Gasteiger partial charge on any atom is 0.305 e. The Bertz CT molecular complexity index is 171. The zero-order chi connectivity index (χ0) is 9.94. The molecule has 0 heterocycles. The first-order valence-electron chi connectivity index (χ1n) is 4.65. The Balaban J connectivity index is 3.12. The first-order chi connectivity index (χ1) is 6.31. The Kier molecular flexibility index (Phi) is 8.31. The van der Waals surface area contributed by atoms with E-state index in [1.807, 2.05) is 6.08 Å². The smallest absolute Gasteiger partial charge is 0.305 e. The van der Waals surface area contributed by atoms with Gasteiger partial charge in [-0.15, -0.1) is 0 Å². The maximum absolute atomic E-state index is 10.7. The van der Waals surface area contributed by atoms with Crippen LogP contribution in [-0.2, 0) is 9.53 Å². The lowest BCUT2D eigenvalue weighted by atomic mass is 10.1. The Hall–Kier alpha value is -1.05. The average molecular weight is 182 g/mol. The lowest BCUT2D eigenvalue weighted by Gasteiger charge is -1.97. The average Bonchev–Trinajstić information content (AvgIpc) is 2.16. The number of hydrogen-bond donors (Lipinski definition) is 0. The fourth-order valence-corrected chi connectivity index (χ4v) is 1.00. The molecule has 0 bridgehead atoms. The molecule has 0 N–H and O–H groups in total. The molecule has 0 aromatic heterocycles. The Morgan fingerprint density at radius 3 is 2.77 bits per heavy atom. The number of methoxy groups -OCH3 is 1. The predicted octanol–water partition coefficient (Wildman–Crippen LogP) is 2.85. The van der Waals surface area contributed by atoms with Crippen LogP contribution in [0.4, 0.5) is 0 Å². The molecule has 0 aromatic carbocycles. The Morgan fingerprint density at radius 2 is 2.15 bits per heavy atom. The number of rotatable bonds is 7. The third-order valence-corrected chi connectivity index (χ3v) is 1.75. The fraction of sp³-hybridized carbons (Fsp3) is 0.545. The number of esters is 1. The number of allylic oxidation sites excluding steroid dienone is 3. The van der Waals surface area contributed by atoms with Crippen molar-refractivity contribution in [3.8, 4) is 0 Å². The Labute approximate surface area is 80.3 Å². The van der Waals surface area contributed by atoms with Gasteiger partial charge in [0, 0.05) is 6.42 Å². The lowest BCUT2D eigenvalue weighted by molar-refractivity contribution is -0.140. The second-order valence-electron chi connectivity index (χ2n) is 2.84. The van der Waals surface area contributed by atoms with Gasteiger partial charge in [0.25, 0.3) is 0 Å². The standard InChI is InChI=1S/C11H18O2/c1-3-4-5-6-7-8-9-10-11(12)13-2/h3-5H,1,6-10H2,2H3/b5-4+. The quantitative estimate of drug-likeness (QED) is 0.344. The number of hydrogen-bond acceptors (Lipinski definition) is 2. The van der Waals surface area contributed by atoms with Crippen molar-refractivity contribution in [2.45, 2.75) is 32.1 Å². The van der Waals surface area contributed by atoms with E-state index in [4.69, 9.17) is 0 Å². The first-order valence-corrected chi connectivity index (χ1v) is 4.65. The van der Waals surface area contributed by atoms with Crippen LogP contribution in [0.2, 0.25) is 0 Å². The summed E-state index contributed by atoms with van der Waals surface area (Å²) in [7, 11) is 1.43. The molecule has 0 amide bonds. The van der Waals surface area contributed by atoms with Crippen LogP contribution in [0.5, 0.6) is 0 Å². The molecule has 13 heavy (non-hydrogen) atoms. The summed E-state index contributed by atoms with van der Waals surface area (Å²) in [5.74, 6) is -0.110. The van der Waals surface area contributed by atoms with Crippen molar-refractivity contribution in [1.29, 1.82) is 0 Å². The van der Waals surface area contributed by atoms with Crippen molar-refractivity contribution in [2.24, 2.45) is 0 Å². The van der Waals surface area contributed by atoms with E-state index in [9.17, 15) is 4.79 Å². The minimum absolute atomic E-state index is 0.110. The van der Waals surface area contributed by atoms with Gasteiger partial charge in [-0.2, -0.15) is 0 Å². The SMILES string of the molecule is C=C/C=C/CCCCCC(=O)OC. The molecule has 0 radical (unpaired) electrons. The molecule has 0 saturated carbocycles. The molecule has 0 aliphatic carbocycles. The van der Waals surface area contributed by atoms with Gasteiger partial charge in [-0.25, -0.2) is 0 Å². The summed E-state index contributed by atoms with van der Waals surface area (Å²) in [5.41, 5.74) is 0. The predicted molar refractivity (Wildman–Crippen MR) is 54.4 cm³/mol. The van der Waals surface area contributed by atoms with Gasteiger partial charge in [-0.05, 0) is 19.3 Å². The van der Waals surface area contributed by atoms with Gasteiger partial charge in [-0.3, -0.25) is 4.79 Å². The van der Waals surface area contributed by atoms with Crippen LogP contribution in [0.15, 0.2) is 24.8 Å². The van der Waals surface area contributed by atoms with Crippen LogP contribution < -0.4 is 0 Å². The highest BCUT2D eigenvalue weighted by Gasteiger charge is 1.97. The molecule has 0 aliphatic heterocycles. The van der Waals surface area contributed by atoms with Gasteiger partial charge in [0.15, 0.2) is 0 Å². The van der Waals surface area contributed by atoms with Crippen LogP contribution in [0.3, 0.4) is 0 Å². The number of unbranched alkanes of at least 4 members (excludes halogenated alkanes) is 3. The molecule has 0 spiro atoms. The van der Waals surface area contributed by atoms with E-state index in [1.54, 1.807) is 6.08 Å². The van der Waals surface area contributed by atoms with Crippen LogP contribution in [0, 0.1) is 0 Å². The van der Waals surface area contributed by atoms with Crippen LogP contribution in [0.1, 0.15) is 32.1 Å². The minimum atomic E-state index is -0.110. The van der Waals surface area contributed by atoms with Crippen LogP contribution in [-0.4, -0.2) is 13.1 Å². The van der Waals surface area contributed by atoms with Crippen molar-refractivity contribution in [1.82, 2.24) is 0 Å². The van der Waals surface area contributed by atoms with Gasteiger partial charge in [0.05, 0.1) is 7.11 Å². The lowest BCUT2D eigenvalue weighted by Crippen LogP contribution is -1.98. The van der Waals surface area contributed by atoms with Gasteiger partial charge in [-0.1, -0.05) is 31.2 Å². The molecule has 2 nitrogen and oxygen atoms in total. The van der Waals surface area contributed by atoms with E-state index in [2.05, 4.69) is 17.4 Å². The second-order valence-corrected chi connectivity index (χ2v) is 2.84. The first kappa shape index (κ1) is 11.9. The Morgan fingerprint density at radius 1 is 1.38 bits per heavy atom. The summed E-state index contributed by atoms with van der Waals surface area (Å²) in [4.78, 5) is 10.7. The highest BCUT2D eigenvalue weighted by molar-refractivity contribution is 5.68. The normalized spacial score (nSPS) is 10.2. The molecule has 0 unspecified atom stereocenters. The molecular weight excluding hydrogens is 164 g/mol. The largest absolute Gasteiger partial charge is 0.469 e. The summed E-state index contributed by atoms with van der Waals surface area (Å²) >= 11 is 0. The van der Waals surface area contributed by atoms with Crippen LogP contribution in [0.25, 0.3) is 0 Å². The number of carbonyl (C=O) groups is 1. The van der Waals surface area contributed by atoms with E-state index in [0.29, 0.717) is 6.42 Å². The van der Waals surface area contributed by atoms with Crippen LogP contribution >= 0.6 is 0 Å². The molecule has 0 aliphatic rings. The van der Waals surface area contributed by atoms with Gasteiger partial charge in [0.1, 0.15) is 0 Å². The fourth-order valence-electron chi connectivity index (χ4n) is 1.00. The van der Waals surface area contributed by atoms with E-state index in [1.165, 1.54) is 7.11 Å². The molecule has 0 atom stereocenters. The summed E-state index contributed by atoms with van der Waals surface area (Å²) in [6.07, 6.45) is 10.5. The number of ether oxygens (including phenoxy) is 1. The number of carbonyl (C=O) groups excluding carboxylic acids is 1. The van der Waals surface area contributed by atoms with Crippen molar-refractivity contribution in [3.05, 3.63) is 24.8 Å². The van der Waals surface area contributed by atoms with Crippen molar-refractivity contribution < 1.29 is 9.53 Å². The highest BCUT2D eigenvalue weighted by Crippen LogP contribution is 2.04. The van der Waals surface area contributed by atoms with Crippen molar-refractivity contribution in [3.63, 3.8) is 0 Å².